The molecule has 22 nitrogen and oxygen atoms in total. The lowest BCUT2D eigenvalue weighted by molar-refractivity contribution is -0.152. The molecule has 0 aromatic heterocycles. The van der Waals surface area contributed by atoms with Gasteiger partial charge in [-0.25, -0.2) is 19.2 Å². The molecule has 2 heterocycles. The van der Waals surface area contributed by atoms with Gasteiger partial charge in [0, 0.05) is 31.3 Å². The van der Waals surface area contributed by atoms with Crippen molar-refractivity contribution in [2.75, 3.05) is 60.0 Å². The number of rotatable bonds is 28. The molecule has 5 fully saturated rings. The molecule has 5 aliphatic rings. The second-order valence-electron chi connectivity index (χ2n) is 21.6. The Morgan fingerprint density at radius 3 is 1.20 bits per heavy atom. The number of hydrogen-bond acceptors (Lipinski definition) is 22. The molecule has 0 amide bonds. The zero-order chi connectivity index (χ0) is 60.9. The van der Waals surface area contributed by atoms with Crippen LogP contribution in [-0.4, -0.2) is 132 Å². The Morgan fingerprint density at radius 1 is 0.459 bits per heavy atom. The number of unbranched alkanes of at least 4 members (excludes halogenated alkanes) is 2. The van der Waals surface area contributed by atoms with Crippen LogP contribution in [0.4, 0.5) is 0 Å². The fourth-order valence-corrected chi connectivity index (χ4v) is 10.4. The summed E-state index contributed by atoms with van der Waals surface area (Å²) in [6, 6.07) is 8.57. The van der Waals surface area contributed by atoms with Crippen molar-refractivity contribution in [3.63, 3.8) is 0 Å². The zero-order valence-corrected chi connectivity index (χ0v) is 48.5. The quantitative estimate of drug-likeness (QED) is 0.0193. The number of carbonyl (C=O) groups is 10. The predicted molar refractivity (Wildman–Crippen MR) is 300 cm³/mol. The van der Waals surface area contributed by atoms with Crippen LogP contribution in [0.3, 0.4) is 0 Å². The van der Waals surface area contributed by atoms with Crippen molar-refractivity contribution < 1.29 is 105 Å². The van der Waals surface area contributed by atoms with Gasteiger partial charge in [-0.15, -0.1) is 0 Å². The monoisotopic (exact) mass is 1190 g/mol. The largest absolute Gasteiger partial charge is 0.496 e. The molecule has 2 atom stereocenters. The number of methoxy groups -OCH3 is 1. The highest BCUT2D eigenvalue weighted by Crippen LogP contribution is 2.36. The Hall–Kier alpha value is -7.46. The fraction of sp³-hybridized carbons (Fsp3) is 0.587. The predicted octanol–water partition coefficient (Wildman–Crippen LogP) is 8.49. The first kappa shape index (κ1) is 66.7. The maximum absolute atomic E-state index is 13.5. The van der Waals surface area contributed by atoms with Gasteiger partial charge in [-0.2, -0.15) is 0 Å². The first-order valence-corrected chi connectivity index (χ1v) is 29.6. The molecule has 2 aromatic carbocycles. The van der Waals surface area contributed by atoms with E-state index in [0.717, 1.165) is 69.8 Å². The smallest absolute Gasteiger partial charge is 0.342 e. The van der Waals surface area contributed by atoms with Crippen LogP contribution in [0.5, 0.6) is 23.0 Å². The molecule has 2 saturated heterocycles. The average molecular weight is 1190 g/mol. The van der Waals surface area contributed by atoms with Crippen molar-refractivity contribution in [2.45, 2.75) is 141 Å². The van der Waals surface area contributed by atoms with Crippen LogP contribution in [0.1, 0.15) is 149 Å². The van der Waals surface area contributed by atoms with E-state index in [-0.39, 0.29) is 102 Å². The molecular formula is C63H80O22. The fourth-order valence-electron chi connectivity index (χ4n) is 10.4. The van der Waals surface area contributed by atoms with Gasteiger partial charge in [-0.05, 0) is 165 Å². The van der Waals surface area contributed by atoms with E-state index in [4.69, 9.17) is 56.8 Å². The Kier molecular flexibility index (Phi) is 28.0. The third-order valence-electron chi connectivity index (χ3n) is 15.5. The van der Waals surface area contributed by atoms with Gasteiger partial charge in [0.05, 0.1) is 75.3 Å². The molecule has 22 heteroatoms. The van der Waals surface area contributed by atoms with Crippen LogP contribution in [0.15, 0.2) is 61.7 Å². The molecule has 2 unspecified atom stereocenters. The summed E-state index contributed by atoms with van der Waals surface area (Å²) in [5.41, 5.74) is 0.00499. The van der Waals surface area contributed by atoms with Crippen molar-refractivity contribution in [1.29, 1.82) is 0 Å². The van der Waals surface area contributed by atoms with E-state index in [1.807, 2.05) is 0 Å². The van der Waals surface area contributed by atoms with Gasteiger partial charge in [0.2, 0.25) is 0 Å². The first-order chi connectivity index (χ1) is 41.2. The van der Waals surface area contributed by atoms with E-state index >= 15 is 0 Å². The Bertz CT molecular complexity index is 2590. The lowest BCUT2D eigenvalue weighted by atomic mass is 9.82. The number of hydrogen-bond donors (Lipinski definition) is 0. The molecule has 0 spiro atoms. The molecule has 0 bridgehead atoms. The third kappa shape index (κ3) is 22.2. The number of esters is 9. The number of ether oxygens (including phenoxy) is 12. The number of benzene rings is 2. The van der Waals surface area contributed by atoms with E-state index in [1.54, 1.807) is 0 Å². The van der Waals surface area contributed by atoms with Crippen molar-refractivity contribution in [3.8, 4) is 23.0 Å². The summed E-state index contributed by atoms with van der Waals surface area (Å²) in [6.45, 7) is 8.98. The van der Waals surface area contributed by atoms with E-state index in [2.05, 4.69) is 13.2 Å². The van der Waals surface area contributed by atoms with Crippen LogP contribution >= 0.6 is 0 Å². The van der Waals surface area contributed by atoms with E-state index in [1.165, 1.54) is 43.5 Å². The van der Waals surface area contributed by atoms with E-state index in [9.17, 15) is 47.9 Å². The van der Waals surface area contributed by atoms with Gasteiger partial charge < -0.3 is 61.6 Å². The summed E-state index contributed by atoms with van der Waals surface area (Å²) in [4.78, 5) is 123. The summed E-state index contributed by atoms with van der Waals surface area (Å²) in [6.07, 6.45) is 14.4. The minimum atomic E-state index is -0.787. The first-order valence-electron chi connectivity index (χ1n) is 29.6. The van der Waals surface area contributed by atoms with Gasteiger partial charge in [-0.1, -0.05) is 13.2 Å². The van der Waals surface area contributed by atoms with Crippen LogP contribution in [0.25, 0.3) is 0 Å². The summed E-state index contributed by atoms with van der Waals surface area (Å²) >= 11 is 0. The Labute approximate surface area is 495 Å². The summed E-state index contributed by atoms with van der Waals surface area (Å²) in [5, 5.41) is 0. The molecule has 3 aliphatic carbocycles. The minimum absolute atomic E-state index is 0.00678. The molecule has 0 radical (unpaired) electrons. The van der Waals surface area contributed by atoms with Gasteiger partial charge >= 0.3 is 53.7 Å². The maximum atomic E-state index is 13.5. The maximum Gasteiger partial charge on any atom is 0.342 e. The van der Waals surface area contributed by atoms with Crippen LogP contribution in [-0.2, 0) is 76.3 Å². The molecular weight excluding hydrogens is 1110 g/mol. The second kappa shape index (κ2) is 35.7. The number of aldehydes is 1. The molecule has 464 valence electrons. The van der Waals surface area contributed by atoms with Gasteiger partial charge in [0.1, 0.15) is 53.6 Å². The molecule has 7 rings (SSSR count). The highest BCUT2D eigenvalue weighted by Gasteiger charge is 2.35. The van der Waals surface area contributed by atoms with E-state index in [0.29, 0.717) is 103 Å². The molecule has 2 aliphatic heterocycles. The topological polar surface area (TPSA) is 281 Å². The normalized spacial score (nSPS) is 22.5. The lowest BCUT2D eigenvalue weighted by Gasteiger charge is -2.26. The zero-order valence-electron chi connectivity index (χ0n) is 48.5. The van der Waals surface area contributed by atoms with Crippen LogP contribution in [0, 0.1) is 35.5 Å². The average Bonchev–Trinajstić information content (AvgIpc) is 4.36. The molecule has 3 saturated carbocycles. The highest BCUT2D eigenvalue weighted by atomic mass is 16.6. The standard InChI is InChI=1S/C48H58O17.C15H22O5/c1-3-42(49)59-22-4-5-23-60-43(50)30-10-12-33(13-11-30)46(53)65-41-21-19-35(27-39(41)48(55)62-29-37-9-7-25-58-37)64-45(52)32-16-14-31(15-17-32)44(51)63-34-18-20-40(56-2)38(26-34)47(54)61-28-36-8-6-24-57-36;1-2-14(17)19-9-3-4-10-20-15(18)13-7-5-12(11-16)6-8-13/h3,18-21,26-27,30-33,36-37H,1,4-17,22-25,28-29H2,2H3;2,11-13H,1,3-10H2. The SMILES string of the molecule is C=CC(=O)OCCCCOC(=O)C1CCC(C(=O)Oc2ccc(OC(=O)C3CCC(C(=O)Oc4ccc(OC)c(C(=O)OCC5CCCO5)c4)CC3)cc2C(=O)OCC2CCCO2)CC1.C=CC(=O)OCCCCOC(=O)C1CCC(C=O)CC1. The molecule has 0 N–H and O–H groups in total. The van der Waals surface area contributed by atoms with Crippen molar-refractivity contribution >= 4 is 60.0 Å². The summed E-state index contributed by atoms with van der Waals surface area (Å²) < 4.78 is 64.9. The van der Waals surface area contributed by atoms with Gasteiger partial charge in [0.15, 0.2) is 0 Å². The summed E-state index contributed by atoms with van der Waals surface area (Å²) in [5.74, 6) is -5.98. The second-order valence-corrected chi connectivity index (χ2v) is 21.6. The van der Waals surface area contributed by atoms with Crippen LogP contribution in [0.2, 0.25) is 0 Å². The van der Waals surface area contributed by atoms with Gasteiger partial charge in [-0.3, -0.25) is 24.0 Å². The van der Waals surface area contributed by atoms with Crippen molar-refractivity contribution in [3.05, 3.63) is 72.8 Å². The van der Waals surface area contributed by atoms with Crippen LogP contribution < -0.4 is 18.9 Å². The number of carbonyl (C=O) groups excluding carboxylic acids is 10. The van der Waals surface area contributed by atoms with Crippen molar-refractivity contribution in [1.82, 2.24) is 0 Å². The summed E-state index contributed by atoms with van der Waals surface area (Å²) in [7, 11) is 1.42. The Morgan fingerprint density at radius 2 is 0.824 bits per heavy atom. The molecule has 2 aromatic rings. The van der Waals surface area contributed by atoms with E-state index < -0.39 is 59.5 Å². The van der Waals surface area contributed by atoms with Gasteiger partial charge in [0.25, 0.3) is 0 Å². The molecule has 85 heavy (non-hydrogen) atoms. The Balaban J connectivity index is 0.000000490. The lowest BCUT2D eigenvalue weighted by Crippen LogP contribution is -2.30. The third-order valence-corrected chi connectivity index (χ3v) is 15.5. The van der Waals surface area contributed by atoms with Crippen molar-refractivity contribution in [2.24, 2.45) is 35.5 Å². The highest BCUT2D eigenvalue weighted by molar-refractivity contribution is 5.95. The minimum Gasteiger partial charge on any atom is -0.496 e.